The third-order valence-corrected chi connectivity index (χ3v) is 5.68. The molecular weight excluding hydrogens is 374 g/mol. The molecule has 0 bridgehead atoms. The molecule has 29 heavy (non-hydrogen) atoms. The first kappa shape index (κ1) is 19.5. The predicted octanol–water partition coefficient (Wildman–Crippen LogP) is 1.16. The SMILES string of the molecule is N#Cc1nc(-c2ccco2)oc1N1CCC(C(=O)N2CCN(CCO)CC2)CC1. The summed E-state index contributed by atoms with van der Waals surface area (Å²) in [6.45, 7) is 5.15. The van der Waals surface area contributed by atoms with Crippen molar-refractivity contribution in [3.8, 4) is 17.7 Å². The number of aliphatic hydroxyl groups excluding tert-OH is 1. The van der Waals surface area contributed by atoms with Gasteiger partial charge in [0.2, 0.25) is 17.5 Å². The number of aliphatic hydroxyl groups is 1. The first-order valence-corrected chi connectivity index (χ1v) is 10.0. The molecule has 154 valence electrons. The Bertz CT molecular complexity index is 856. The van der Waals surface area contributed by atoms with Gasteiger partial charge in [-0.2, -0.15) is 10.2 Å². The van der Waals surface area contributed by atoms with Crippen molar-refractivity contribution < 1.29 is 18.7 Å². The van der Waals surface area contributed by atoms with Gasteiger partial charge in [0.15, 0.2) is 5.76 Å². The van der Waals surface area contributed by atoms with Crippen molar-refractivity contribution in [3.63, 3.8) is 0 Å². The fraction of sp³-hybridized carbons (Fsp3) is 0.550. The van der Waals surface area contributed by atoms with Gasteiger partial charge in [-0.05, 0) is 25.0 Å². The molecule has 2 aromatic heterocycles. The summed E-state index contributed by atoms with van der Waals surface area (Å²) in [5.74, 6) is 1.43. The number of hydrogen-bond acceptors (Lipinski definition) is 8. The van der Waals surface area contributed by atoms with Crippen LogP contribution in [0.1, 0.15) is 18.5 Å². The number of oxazole rings is 1. The monoisotopic (exact) mass is 399 g/mol. The van der Waals surface area contributed by atoms with Crippen LogP contribution in [0.3, 0.4) is 0 Å². The van der Waals surface area contributed by atoms with Gasteiger partial charge in [-0.15, -0.1) is 0 Å². The van der Waals surface area contributed by atoms with Crippen molar-refractivity contribution in [3.05, 3.63) is 24.1 Å². The van der Waals surface area contributed by atoms with E-state index in [2.05, 4.69) is 16.0 Å². The summed E-state index contributed by atoms with van der Waals surface area (Å²) in [5, 5.41) is 18.5. The number of piperidine rings is 1. The van der Waals surface area contributed by atoms with E-state index in [0.29, 0.717) is 50.3 Å². The first-order chi connectivity index (χ1) is 14.2. The molecule has 0 aliphatic carbocycles. The second kappa shape index (κ2) is 8.68. The molecule has 0 spiro atoms. The molecule has 0 radical (unpaired) electrons. The number of hydrogen-bond donors (Lipinski definition) is 1. The van der Waals surface area contributed by atoms with Gasteiger partial charge in [-0.3, -0.25) is 9.69 Å². The Morgan fingerprint density at radius 1 is 1.24 bits per heavy atom. The fourth-order valence-electron chi connectivity index (χ4n) is 4.03. The molecule has 9 heteroatoms. The Kier molecular flexibility index (Phi) is 5.83. The number of piperazine rings is 1. The summed E-state index contributed by atoms with van der Waals surface area (Å²) in [6.07, 6.45) is 2.97. The third kappa shape index (κ3) is 4.13. The van der Waals surface area contributed by atoms with Crippen LogP contribution in [-0.4, -0.2) is 78.2 Å². The zero-order valence-electron chi connectivity index (χ0n) is 16.3. The molecule has 1 amide bonds. The van der Waals surface area contributed by atoms with Crippen LogP contribution in [0.25, 0.3) is 11.7 Å². The van der Waals surface area contributed by atoms with Crippen molar-refractivity contribution in [1.29, 1.82) is 5.26 Å². The maximum atomic E-state index is 12.9. The van der Waals surface area contributed by atoms with Crippen molar-refractivity contribution in [2.45, 2.75) is 12.8 Å². The zero-order chi connectivity index (χ0) is 20.2. The topological polar surface area (TPSA) is 110 Å². The van der Waals surface area contributed by atoms with Crippen LogP contribution < -0.4 is 4.90 Å². The van der Waals surface area contributed by atoms with Crippen LogP contribution in [0.5, 0.6) is 0 Å². The van der Waals surface area contributed by atoms with E-state index in [0.717, 1.165) is 25.9 Å². The number of nitriles is 1. The number of carbonyl (C=O) groups is 1. The molecule has 0 atom stereocenters. The van der Waals surface area contributed by atoms with E-state index in [1.165, 1.54) is 6.26 Å². The molecule has 0 aromatic carbocycles. The summed E-state index contributed by atoms with van der Waals surface area (Å²) < 4.78 is 11.1. The maximum absolute atomic E-state index is 12.9. The molecule has 4 heterocycles. The minimum Gasteiger partial charge on any atom is -0.459 e. The quantitative estimate of drug-likeness (QED) is 0.798. The van der Waals surface area contributed by atoms with E-state index >= 15 is 0 Å². The number of furan rings is 1. The second-order valence-electron chi connectivity index (χ2n) is 7.41. The second-order valence-corrected chi connectivity index (χ2v) is 7.41. The zero-order valence-corrected chi connectivity index (χ0v) is 16.3. The molecule has 2 saturated heterocycles. The number of nitrogens with zero attached hydrogens (tertiary/aromatic N) is 5. The Morgan fingerprint density at radius 2 is 2.00 bits per heavy atom. The van der Waals surface area contributed by atoms with Gasteiger partial charge in [0.05, 0.1) is 12.9 Å². The number of anilines is 1. The van der Waals surface area contributed by atoms with Crippen LogP contribution >= 0.6 is 0 Å². The molecule has 2 aliphatic heterocycles. The number of β-amino-alcohol motifs (C(OH)–C–C–N with tert-alkyl or cyclic N) is 1. The minimum atomic E-state index is -0.00589. The van der Waals surface area contributed by atoms with Crippen LogP contribution in [0, 0.1) is 17.2 Å². The van der Waals surface area contributed by atoms with Gasteiger partial charge in [-0.1, -0.05) is 0 Å². The average Bonchev–Trinajstić information content (AvgIpc) is 3.44. The lowest BCUT2D eigenvalue weighted by Crippen LogP contribution is -2.52. The summed E-state index contributed by atoms with van der Waals surface area (Å²) >= 11 is 0. The molecule has 0 unspecified atom stereocenters. The molecular formula is C20H25N5O4. The van der Waals surface area contributed by atoms with Crippen molar-refractivity contribution >= 4 is 11.8 Å². The highest BCUT2D eigenvalue weighted by Crippen LogP contribution is 2.31. The molecule has 2 aromatic rings. The molecule has 4 rings (SSSR count). The summed E-state index contributed by atoms with van der Waals surface area (Å²) in [5.41, 5.74) is 0.237. The predicted molar refractivity (Wildman–Crippen MR) is 104 cm³/mol. The van der Waals surface area contributed by atoms with Gasteiger partial charge >= 0.3 is 0 Å². The highest BCUT2D eigenvalue weighted by atomic mass is 16.4. The van der Waals surface area contributed by atoms with E-state index in [1.54, 1.807) is 12.1 Å². The van der Waals surface area contributed by atoms with Crippen LogP contribution in [-0.2, 0) is 4.79 Å². The van der Waals surface area contributed by atoms with Gasteiger partial charge in [0, 0.05) is 51.7 Å². The highest BCUT2D eigenvalue weighted by molar-refractivity contribution is 5.79. The maximum Gasteiger partial charge on any atom is 0.266 e. The minimum absolute atomic E-state index is 0.00589. The summed E-state index contributed by atoms with van der Waals surface area (Å²) in [6, 6.07) is 5.57. The number of amides is 1. The molecule has 2 fully saturated rings. The van der Waals surface area contributed by atoms with Gasteiger partial charge in [0.25, 0.3) is 5.89 Å². The Balaban J connectivity index is 1.35. The largest absolute Gasteiger partial charge is 0.459 e. The normalized spacial score (nSPS) is 18.8. The lowest BCUT2D eigenvalue weighted by molar-refractivity contribution is -0.138. The lowest BCUT2D eigenvalue weighted by Gasteiger charge is -2.38. The molecule has 0 saturated carbocycles. The Morgan fingerprint density at radius 3 is 2.62 bits per heavy atom. The molecule has 2 aliphatic rings. The van der Waals surface area contributed by atoms with E-state index in [1.807, 2.05) is 9.80 Å². The van der Waals surface area contributed by atoms with Crippen molar-refractivity contribution in [2.75, 3.05) is 57.3 Å². The number of carbonyl (C=O) groups excluding carboxylic acids is 1. The van der Waals surface area contributed by atoms with Crippen LogP contribution in [0.15, 0.2) is 27.2 Å². The highest BCUT2D eigenvalue weighted by Gasteiger charge is 2.32. The Hall–Kier alpha value is -2.83. The van der Waals surface area contributed by atoms with Gasteiger partial charge < -0.3 is 23.7 Å². The van der Waals surface area contributed by atoms with E-state index < -0.39 is 0 Å². The average molecular weight is 399 g/mol. The number of aromatic nitrogens is 1. The fourth-order valence-corrected chi connectivity index (χ4v) is 4.03. The van der Waals surface area contributed by atoms with Crippen molar-refractivity contribution in [1.82, 2.24) is 14.8 Å². The molecule has 9 nitrogen and oxygen atoms in total. The summed E-state index contributed by atoms with van der Waals surface area (Å²) in [4.78, 5) is 23.2. The summed E-state index contributed by atoms with van der Waals surface area (Å²) in [7, 11) is 0. The third-order valence-electron chi connectivity index (χ3n) is 5.68. The lowest BCUT2D eigenvalue weighted by atomic mass is 9.95. The number of rotatable bonds is 5. The van der Waals surface area contributed by atoms with Crippen LogP contribution in [0.4, 0.5) is 5.88 Å². The van der Waals surface area contributed by atoms with E-state index in [-0.39, 0.29) is 24.1 Å². The molecule has 1 N–H and O–H groups in total. The standard InChI is InChI=1S/C20H25N5O4/c21-14-16-20(29-18(22-16)17-2-1-13-28-17)25-5-3-15(4-6-25)19(27)24-9-7-23(8-10-24)11-12-26/h1-2,13,15,26H,3-12H2. The smallest absolute Gasteiger partial charge is 0.266 e. The van der Waals surface area contributed by atoms with E-state index in [4.69, 9.17) is 13.9 Å². The van der Waals surface area contributed by atoms with Gasteiger partial charge in [0.1, 0.15) is 6.07 Å². The van der Waals surface area contributed by atoms with Gasteiger partial charge in [-0.25, -0.2) is 0 Å². The van der Waals surface area contributed by atoms with Crippen LogP contribution in [0.2, 0.25) is 0 Å². The Labute approximate surface area is 169 Å². The first-order valence-electron chi connectivity index (χ1n) is 10.0. The van der Waals surface area contributed by atoms with E-state index in [9.17, 15) is 10.1 Å². The van der Waals surface area contributed by atoms with Crippen molar-refractivity contribution in [2.24, 2.45) is 5.92 Å².